The maximum Gasteiger partial charge on any atom is 0.270 e. The second-order valence-corrected chi connectivity index (χ2v) is 4.40. The van der Waals surface area contributed by atoms with Crippen molar-refractivity contribution in [3.8, 4) is 11.1 Å². The number of benzene rings is 2. The van der Waals surface area contributed by atoms with Crippen molar-refractivity contribution >= 4 is 5.69 Å². The van der Waals surface area contributed by atoms with E-state index in [4.69, 9.17) is 0 Å². The summed E-state index contributed by atoms with van der Waals surface area (Å²) in [6.45, 7) is 3.45. The van der Waals surface area contributed by atoms with E-state index in [1.807, 2.05) is 6.92 Å². The topological polar surface area (TPSA) is 55.2 Å². The Morgan fingerprint density at radius 2 is 2.05 bits per heavy atom. The van der Waals surface area contributed by atoms with Gasteiger partial charge in [0.15, 0.2) is 0 Å². The van der Waals surface area contributed by atoms with Crippen LogP contribution in [0.5, 0.6) is 0 Å². The molecule has 0 aliphatic heterocycles. The SMILES string of the molecule is CCNCc1ccc(F)c(-c2cccc([N+](=O)[O-])c2)c1. The van der Waals surface area contributed by atoms with Crippen molar-refractivity contribution in [2.75, 3.05) is 6.54 Å². The zero-order valence-corrected chi connectivity index (χ0v) is 11.1. The summed E-state index contributed by atoms with van der Waals surface area (Å²) >= 11 is 0. The highest BCUT2D eigenvalue weighted by Crippen LogP contribution is 2.27. The Labute approximate surface area is 116 Å². The highest BCUT2D eigenvalue weighted by molar-refractivity contribution is 5.67. The summed E-state index contributed by atoms with van der Waals surface area (Å²) in [7, 11) is 0. The molecule has 0 saturated heterocycles. The lowest BCUT2D eigenvalue weighted by molar-refractivity contribution is -0.384. The largest absolute Gasteiger partial charge is 0.313 e. The number of nitro benzene ring substituents is 1. The Morgan fingerprint density at radius 3 is 2.75 bits per heavy atom. The van der Waals surface area contributed by atoms with Gasteiger partial charge in [0.2, 0.25) is 0 Å². The van der Waals surface area contributed by atoms with Gasteiger partial charge in [-0.25, -0.2) is 4.39 Å². The first-order valence-electron chi connectivity index (χ1n) is 6.35. The molecule has 104 valence electrons. The fourth-order valence-corrected chi connectivity index (χ4v) is 1.96. The molecule has 20 heavy (non-hydrogen) atoms. The molecule has 0 spiro atoms. The number of rotatable bonds is 5. The molecule has 2 aromatic carbocycles. The van der Waals surface area contributed by atoms with E-state index >= 15 is 0 Å². The maximum absolute atomic E-state index is 13.9. The quantitative estimate of drug-likeness (QED) is 0.670. The lowest BCUT2D eigenvalue weighted by Gasteiger charge is -2.07. The van der Waals surface area contributed by atoms with E-state index in [1.165, 1.54) is 18.2 Å². The molecule has 0 unspecified atom stereocenters. The zero-order chi connectivity index (χ0) is 14.5. The first kappa shape index (κ1) is 14.1. The normalized spacial score (nSPS) is 10.5. The molecule has 0 aromatic heterocycles. The number of hydrogen-bond acceptors (Lipinski definition) is 3. The predicted octanol–water partition coefficient (Wildman–Crippen LogP) is 3.51. The standard InChI is InChI=1S/C15H15FN2O2/c1-2-17-10-11-6-7-15(16)14(8-11)12-4-3-5-13(9-12)18(19)20/h3-9,17H,2,10H2,1H3. The van der Waals surface area contributed by atoms with Crippen molar-refractivity contribution in [3.63, 3.8) is 0 Å². The van der Waals surface area contributed by atoms with Gasteiger partial charge in [-0.15, -0.1) is 0 Å². The molecule has 0 fully saturated rings. The van der Waals surface area contributed by atoms with Crippen molar-refractivity contribution in [2.24, 2.45) is 0 Å². The molecular formula is C15H15FN2O2. The van der Waals surface area contributed by atoms with Crippen molar-refractivity contribution in [2.45, 2.75) is 13.5 Å². The van der Waals surface area contributed by atoms with Crippen LogP contribution in [-0.2, 0) is 6.54 Å². The summed E-state index contributed by atoms with van der Waals surface area (Å²) in [5.41, 5.74) is 1.79. The predicted molar refractivity (Wildman–Crippen MR) is 75.9 cm³/mol. The van der Waals surface area contributed by atoms with Crippen LogP contribution in [-0.4, -0.2) is 11.5 Å². The van der Waals surface area contributed by atoms with Gasteiger partial charge in [-0.3, -0.25) is 10.1 Å². The van der Waals surface area contributed by atoms with Crippen molar-refractivity contribution < 1.29 is 9.31 Å². The van der Waals surface area contributed by atoms with Crippen molar-refractivity contribution in [3.05, 3.63) is 64.0 Å². The smallest absolute Gasteiger partial charge is 0.270 e. The van der Waals surface area contributed by atoms with E-state index in [0.29, 0.717) is 17.7 Å². The van der Waals surface area contributed by atoms with Gasteiger partial charge < -0.3 is 5.32 Å². The van der Waals surface area contributed by atoms with Gasteiger partial charge in [-0.2, -0.15) is 0 Å². The van der Waals surface area contributed by atoms with Crippen molar-refractivity contribution in [1.29, 1.82) is 0 Å². The fourth-order valence-electron chi connectivity index (χ4n) is 1.96. The van der Waals surface area contributed by atoms with Gasteiger partial charge in [0.25, 0.3) is 5.69 Å². The number of hydrogen-bond donors (Lipinski definition) is 1. The Balaban J connectivity index is 2.40. The Bertz CT molecular complexity index is 629. The van der Waals surface area contributed by atoms with Gasteiger partial charge >= 0.3 is 0 Å². The second-order valence-electron chi connectivity index (χ2n) is 4.40. The first-order valence-corrected chi connectivity index (χ1v) is 6.35. The minimum atomic E-state index is -0.482. The van der Waals surface area contributed by atoms with Crippen LogP contribution in [0.4, 0.5) is 10.1 Å². The molecule has 5 heteroatoms. The van der Waals surface area contributed by atoms with Gasteiger partial charge in [0.05, 0.1) is 4.92 Å². The molecule has 0 saturated carbocycles. The number of non-ortho nitro benzene ring substituents is 1. The van der Waals surface area contributed by atoms with Gasteiger partial charge in [-0.1, -0.05) is 25.1 Å². The van der Waals surface area contributed by atoms with Crippen molar-refractivity contribution in [1.82, 2.24) is 5.32 Å². The van der Waals surface area contributed by atoms with Crippen LogP contribution in [0.2, 0.25) is 0 Å². The van der Waals surface area contributed by atoms with Gasteiger partial charge in [0, 0.05) is 24.2 Å². The van der Waals surface area contributed by atoms with Gasteiger partial charge in [0.1, 0.15) is 5.82 Å². The van der Waals surface area contributed by atoms with E-state index in [1.54, 1.807) is 24.3 Å². The summed E-state index contributed by atoms with van der Waals surface area (Å²) in [5.74, 6) is -0.384. The number of nitrogens with zero attached hydrogens (tertiary/aromatic N) is 1. The zero-order valence-electron chi connectivity index (χ0n) is 11.1. The lowest BCUT2D eigenvalue weighted by atomic mass is 10.0. The lowest BCUT2D eigenvalue weighted by Crippen LogP contribution is -2.11. The van der Waals surface area contributed by atoms with Crippen LogP contribution in [0.1, 0.15) is 12.5 Å². The molecule has 4 nitrogen and oxygen atoms in total. The summed E-state index contributed by atoms with van der Waals surface area (Å²) in [4.78, 5) is 10.3. The van der Waals surface area contributed by atoms with Crippen LogP contribution in [0.25, 0.3) is 11.1 Å². The van der Waals surface area contributed by atoms with E-state index in [0.717, 1.165) is 12.1 Å². The van der Waals surface area contributed by atoms with Crippen LogP contribution >= 0.6 is 0 Å². The van der Waals surface area contributed by atoms with Crippen LogP contribution < -0.4 is 5.32 Å². The van der Waals surface area contributed by atoms with Crippen LogP contribution in [0.15, 0.2) is 42.5 Å². The van der Waals surface area contributed by atoms with E-state index < -0.39 is 4.92 Å². The molecule has 0 atom stereocenters. The number of nitrogens with one attached hydrogen (secondary N) is 1. The molecule has 1 N–H and O–H groups in total. The minimum Gasteiger partial charge on any atom is -0.313 e. The minimum absolute atomic E-state index is 0.0426. The molecule has 2 aromatic rings. The average molecular weight is 274 g/mol. The summed E-state index contributed by atoms with van der Waals surface area (Å²) in [5, 5.41) is 13.9. The molecular weight excluding hydrogens is 259 g/mol. The summed E-state index contributed by atoms with van der Waals surface area (Å²) in [6.07, 6.45) is 0. The van der Waals surface area contributed by atoms with E-state index in [9.17, 15) is 14.5 Å². The molecule has 2 rings (SSSR count). The third kappa shape index (κ3) is 3.19. The van der Waals surface area contributed by atoms with E-state index in [2.05, 4.69) is 5.32 Å². The van der Waals surface area contributed by atoms with E-state index in [-0.39, 0.29) is 11.5 Å². The number of halogens is 1. The highest BCUT2D eigenvalue weighted by atomic mass is 19.1. The third-order valence-corrected chi connectivity index (χ3v) is 2.98. The van der Waals surface area contributed by atoms with Crippen LogP contribution in [0.3, 0.4) is 0 Å². The summed E-state index contributed by atoms with van der Waals surface area (Å²) in [6, 6.07) is 10.8. The Hall–Kier alpha value is -2.27. The maximum atomic E-state index is 13.9. The molecule has 0 heterocycles. The Morgan fingerprint density at radius 1 is 1.25 bits per heavy atom. The molecule has 0 aliphatic rings. The first-order chi connectivity index (χ1) is 9.61. The van der Waals surface area contributed by atoms with Crippen LogP contribution in [0, 0.1) is 15.9 Å². The molecule has 0 amide bonds. The molecule has 0 radical (unpaired) electrons. The monoisotopic (exact) mass is 274 g/mol. The summed E-state index contributed by atoms with van der Waals surface area (Å²) < 4.78 is 13.9. The highest BCUT2D eigenvalue weighted by Gasteiger charge is 2.11. The molecule has 0 aliphatic carbocycles. The van der Waals surface area contributed by atoms with Gasteiger partial charge in [-0.05, 0) is 29.8 Å². The average Bonchev–Trinajstić information content (AvgIpc) is 2.46. The Kier molecular flexibility index (Phi) is 4.42. The second kappa shape index (κ2) is 6.25. The molecule has 0 bridgehead atoms. The fraction of sp³-hybridized carbons (Fsp3) is 0.200. The number of nitro groups is 1. The third-order valence-electron chi connectivity index (χ3n) is 2.98.